The van der Waals surface area contributed by atoms with Crippen molar-refractivity contribution >= 4 is 12.1 Å². The van der Waals surface area contributed by atoms with Gasteiger partial charge in [0, 0.05) is 13.1 Å². The lowest BCUT2D eigenvalue weighted by molar-refractivity contribution is -0.137. The smallest absolute Gasteiger partial charge is 0.409 e. The van der Waals surface area contributed by atoms with E-state index in [0.29, 0.717) is 6.54 Å². The summed E-state index contributed by atoms with van der Waals surface area (Å²) < 4.78 is 4.43. The number of amides is 1. The molecule has 0 heterocycles. The Hall–Kier alpha value is -1.26. The molecule has 70 valence electrons. The van der Waals surface area contributed by atoms with Crippen molar-refractivity contribution in [3.8, 4) is 0 Å². The van der Waals surface area contributed by atoms with Gasteiger partial charge in [0.2, 0.25) is 0 Å². The second-order valence-electron chi connectivity index (χ2n) is 2.19. The summed E-state index contributed by atoms with van der Waals surface area (Å²) >= 11 is 0. The summed E-state index contributed by atoms with van der Waals surface area (Å²) in [5.74, 6) is -0.919. The Morgan fingerprint density at radius 1 is 1.50 bits per heavy atom. The number of carbonyl (C=O) groups is 2. The Balaban J connectivity index is 3.83. The lowest BCUT2D eigenvalue weighted by atomic mass is 10.4. The number of aliphatic carboxylic acids is 1. The molecule has 0 aliphatic rings. The van der Waals surface area contributed by atoms with Crippen molar-refractivity contribution in [2.24, 2.45) is 0 Å². The molecule has 0 saturated carbocycles. The molecule has 5 heteroatoms. The van der Waals surface area contributed by atoms with Gasteiger partial charge in [0.25, 0.3) is 0 Å². The molecule has 0 saturated heterocycles. The van der Waals surface area contributed by atoms with Gasteiger partial charge in [-0.3, -0.25) is 4.79 Å². The van der Waals surface area contributed by atoms with Crippen LogP contribution in [0, 0.1) is 0 Å². The first-order valence-electron chi connectivity index (χ1n) is 3.66. The van der Waals surface area contributed by atoms with Gasteiger partial charge in [-0.15, -0.1) is 0 Å². The van der Waals surface area contributed by atoms with Crippen LogP contribution in [0.3, 0.4) is 0 Å². The third-order valence-corrected chi connectivity index (χ3v) is 1.41. The highest BCUT2D eigenvalue weighted by molar-refractivity contribution is 5.70. The molecule has 0 aromatic rings. The summed E-state index contributed by atoms with van der Waals surface area (Å²) in [5.41, 5.74) is 0. The zero-order valence-corrected chi connectivity index (χ0v) is 7.24. The summed E-state index contributed by atoms with van der Waals surface area (Å²) in [4.78, 5) is 22.3. The first-order valence-corrected chi connectivity index (χ1v) is 3.66. The summed E-state index contributed by atoms with van der Waals surface area (Å²) in [6.45, 7) is 2.41. The second-order valence-corrected chi connectivity index (χ2v) is 2.19. The van der Waals surface area contributed by atoms with Crippen LogP contribution in [0.25, 0.3) is 0 Å². The van der Waals surface area contributed by atoms with Gasteiger partial charge >= 0.3 is 12.1 Å². The van der Waals surface area contributed by atoms with Crippen molar-refractivity contribution in [1.82, 2.24) is 4.90 Å². The number of hydrogen-bond donors (Lipinski definition) is 1. The monoisotopic (exact) mass is 175 g/mol. The molecule has 0 rings (SSSR count). The summed E-state index contributed by atoms with van der Waals surface area (Å²) in [6.07, 6.45) is -0.540. The molecule has 0 spiro atoms. The molecule has 0 fully saturated rings. The number of carboxylic acid groups (broad SMARTS) is 1. The maximum absolute atomic E-state index is 10.9. The Bertz CT molecular complexity index is 169. The fraction of sp³-hybridized carbons (Fsp3) is 0.714. The average molecular weight is 175 g/mol. The lowest BCUT2D eigenvalue weighted by Gasteiger charge is -2.17. The first kappa shape index (κ1) is 10.7. The lowest BCUT2D eigenvalue weighted by Crippen LogP contribution is -2.32. The maximum Gasteiger partial charge on any atom is 0.409 e. The van der Waals surface area contributed by atoms with E-state index in [0.717, 1.165) is 0 Å². The molecule has 12 heavy (non-hydrogen) atoms. The first-order chi connectivity index (χ1) is 5.61. The van der Waals surface area contributed by atoms with E-state index >= 15 is 0 Å². The third kappa shape index (κ3) is 3.80. The maximum atomic E-state index is 10.9. The Kier molecular flexibility index (Phi) is 4.83. The molecule has 0 aromatic carbocycles. The summed E-state index contributed by atoms with van der Waals surface area (Å²) in [5, 5.41) is 8.33. The van der Waals surface area contributed by atoms with E-state index in [4.69, 9.17) is 5.11 Å². The zero-order valence-electron chi connectivity index (χ0n) is 7.24. The standard InChI is InChI=1S/C7H13NO4/c1-3-8(7(11)12-2)5-4-6(9)10/h3-5H2,1-2H3,(H,9,10). The minimum Gasteiger partial charge on any atom is -0.481 e. The largest absolute Gasteiger partial charge is 0.481 e. The van der Waals surface area contributed by atoms with Gasteiger partial charge in [0.1, 0.15) is 0 Å². The highest BCUT2D eigenvalue weighted by atomic mass is 16.5. The van der Waals surface area contributed by atoms with Gasteiger partial charge in [-0.2, -0.15) is 0 Å². The number of carbonyl (C=O) groups excluding carboxylic acids is 1. The van der Waals surface area contributed by atoms with E-state index < -0.39 is 12.1 Å². The second kappa shape index (κ2) is 5.40. The topological polar surface area (TPSA) is 66.8 Å². The van der Waals surface area contributed by atoms with Crippen LogP contribution >= 0.6 is 0 Å². The van der Waals surface area contributed by atoms with E-state index in [1.54, 1.807) is 6.92 Å². The fourth-order valence-electron chi connectivity index (χ4n) is 0.738. The Labute approximate surface area is 70.9 Å². The number of carboxylic acids is 1. The van der Waals surface area contributed by atoms with Crippen LogP contribution in [-0.2, 0) is 9.53 Å². The SMILES string of the molecule is CCN(CCC(=O)O)C(=O)OC. The Morgan fingerprint density at radius 2 is 2.08 bits per heavy atom. The van der Waals surface area contributed by atoms with Crippen LogP contribution < -0.4 is 0 Å². The number of rotatable bonds is 4. The van der Waals surface area contributed by atoms with Crippen molar-refractivity contribution in [3.63, 3.8) is 0 Å². The molecule has 5 nitrogen and oxygen atoms in total. The zero-order chi connectivity index (χ0) is 9.56. The predicted molar refractivity (Wildman–Crippen MR) is 41.9 cm³/mol. The van der Waals surface area contributed by atoms with Gasteiger partial charge in [-0.25, -0.2) is 4.79 Å². The number of hydrogen-bond acceptors (Lipinski definition) is 3. The van der Waals surface area contributed by atoms with Crippen molar-refractivity contribution in [3.05, 3.63) is 0 Å². The van der Waals surface area contributed by atoms with Crippen LogP contribution in [0.4, 0.5) is 4.79 Å². The van der Waals surface area contributed by atoms with Crippen molar-refractivity contribution in [2.45, 2.75) is 13.3 Å². The molecule has 1 amide bonds. The number of methoxy groups -OCH3 is 1. The average Bonchev–Trinajstić information content (AvgIpc) is 2.04. The van der Waals surface area contributed by atoms with Crippen molar-refractivity contribution in [2.75, 3.05) is 20.2 Å². The predicted octanol–water partition coefficient (Wildman–Crippen LogP) is 0.549. The summed E-state index contributed by atoms with van der Waals surface area (Å²) in [7, 11) is 1.27. The molecule has 0 aromatic heterocycles. The minimum atomic E-state index is -0.919. The molecule has 1 N–H and O–H groups in total. The number of ether oxygens (including phenoxy) is 1. The van der Waals surface area contributed by atoms with Gasteiger partial charge in [-0.05, 0) is 6.92 Å². The normalized spacial score (nSPS) is 9.17. The van der Waals surface area contributed by atoms with E-state index in [1.807, 2.05) is 0 Å². The minimum absolute atomic E-state index is 0.0526. The van der Waals surface area contributed by atoms with Crippen LogP contribution in [0.15, 0.2) is 0 Å². The van der Waals surface area contributed by atoms with Gasteiger partial charge in [0.05, 0.1) is 13.5 Å². The molecule has 0 bridgehead atoms. The number of nitrogens with zero attached hydrogens (tertiary/aromatic N) is 1. The third-order valence-electron chi connectivity index (χ3n) is 1.41. The van der Waals surface area contributed by atoms with Gasteiger partial charge in [-0.1, -0.05) is 0 Å². The quantitative estimate of drug-likeness (QED) is 0.677. The highest BCUT2D eigenvalue weighted by Gasteiger charge is 2.11. The molecular weight excluding hydrogens is 162 g/mol. The molecular formula is C7H13NO4. The fourth-order valence-corrected chi connectivity index (χ4v) is 0.738. The van der Waals surface area contributed by atoms with Crippen LogP contribution in [0.1, 0.15) is 13.3 Å². The molecule has 0 radical (unpaired) electrons. The van der Waals surface area contributed by atoms with E-state index in [-0.39, 0.29) is 13.0 Å². The van der Waals surface area contributed by atoms with E-state index in [9.17, 15) is 9.59 Å². The Morgan fingerprint density at radius 3 is 2.42 bits per heavy atom. The van der Waals surface area contributed by atoms with Gasteiger partial charge in [0.15, 0.2) is 0 Å². The molecule has 0 unspecified atom stereocenters. The van der Waals surface area contributed by atoms with Crippen LogP contribution in [0.2, 0.25) is 0 Å². The van der Waals surface area contributed by atoms with E-state index in [1.165, 1.54) is 12.0 Å². The van der Waals surface area contributed by atoms with Crippen molar-refractivity contribution in [1.29, 1.82) is 0 Å². The highest BCUT2D eigenvalue weighted by Crippen LogP contribution is 1.94. The van der Waals surface area contributed by atoms with Crippen molar-refractivity contribution < 1.29 is 19.4 Å². The molecule has 0 atom stereocenters. The van der Waals surface area contributed by atoms with E-state index in [2.05, 4.69) is 4.74 Å². The molecule has 0 aliphatic carbocycles. The summed E-state index contributed by atoms with van der Waals surface area (Å²) in [6, 6.07) is 0. The molecule has 0 aliphatic heterocycles. The van der Waals surface area contributed by atoms with Crippen LogP contribution in [-0.4, -0.2) is 42.3 Å². The van der Waals surface area contributed by atoms with Gasteiger partial charge < -0.3 is 14.7 Å². The van der Waals surface area contributed by atoms with Crippen LogP contribution in [0.5, 0.6) is 0 Å².